The molecule has 1 aromatic rings. The number of cyclic esters (lactones) is 1. The van der Waals surface area contributed by atoms with Crippen molar-refractivity contribution in [1.29, 1.82) is 0 Å². The molecule has 0 bridgehead atoms. The molecule has 0 aliphatic carbocycles. The third-order valence-electron chi connectivity index (χ3n) is 2.79. The number of hydrogen-bond donors (Lipinski definition) is 1. The summed E-state index contributed by atoms with van der Waals surface area (Å²) in [4.78, 5) is 12.7. The number of rotatable bonds is 3. The smallest absolute Gasteiger partial charge is 0.430 e. The Labute approximate surface area is 107 Å². The lowest BCUT2D eigenvalue weighted by molar-refractivity contribution is -0.207. The fourth-order valence-electron chi connectivity index (χ4n) is 1.97. The number of anilines is 1. The number of fused-ring (bicyclic) bond motifs is 1. The number of para-hydroxylation sites is 1. The topological polar surface area (TPSA) is 49.8 Å². The van der Waals surface area contributed by atoms with Gasteiger partial charge >= 0.3 is 12.3 Å². The third kappa shape index (κ3) is 2.65. The Bertz CT molecular complexity index is 476. The lowest BCUT2D eigenvalue weighted by Crippen LogP contribution is -2.42. The lowest BCUT2D eigenvalue weighted by atomic mass is 10.0. The van der Waals surface area contributed by atoms with Gasteiger partial charge in [0.05, 0.1) is 5.69 Å². The summed E-state index contributed by atoms with van der Waals surface area (Å²) in [6, 6.07) is 5.73. The summed E-state index contributed by atoms with van der Waals surface area (Å²) in [6.45, 7) is -0.0500. The molecule has 104 valence electrons. The largest absolute Gasteiger partial charge is 0.431 e. The van der Waals surface area contributed by atoms with Crippen molar-refractivity contribution in [2.45, 2.75) is 18.7 Å². The van der Waals surface area contributed by atoms with Crippen molar-refractivity contribution in [3.8, 4) is 0 Å². The van der Waals surface area contributed by atoms with Crippen LogP contribution in [-0.2, 0) is 4.74 Å². The zero-order valence-corrected chi connectivity index (χ0v) is 9.85. The quantitative estimate of drug-likeness (QED) is 0.922. The molecule has 7 heteroatoms. The molecule has 0 saturated heterocycles. The molecule has 0 aromatic heterocycles. The zero-order valence-electron chi connectivity index (χ0n) is 9.85. The average Bonchev–Trinajstić information content (AvgIpc) is 2.36. The second-order valence-electron chi connectivity index (χ2n) is 4.09. The molecule has 2 rings (SSSR count). The van der Waals surface area contributed by atoms with Gasteiger partial charge in [0, 0.05) is 18.7 Å². The number of aliphatic hydroxyl groups excluding tert-OH is 1. The van der Waals surface area contributed by atoms with E-state index in [4.69, 9.17) is 5.11 Å². The molecule has 0 saturated carbocycles. The van der Waals surface area contributed by atoms with E-state index in [0.29, 0.717) is 0 Å². The van der Waals surface area contributed by atoms with Gasteiger partial charge in [-0.3, -0.25) is 4.90 Å². The SMILES string of the molecule is O=C1OC(C(F)(F)F)c2ccccc2N1CCCO. The van der Waals surface area contributed by atoms with E-state index in [9.17, 15) is 18.0 Å². The molecule has 1 aliphatic heterocycles. The van der Waals surface area contributed by atoms with Crippen LogP contribution in [0.25, 0.3) is 0 Å². The standard InChI is InChI=1S/C12H12F3NO3/c13-12(14,15)10-8-4-1-2-5-9(8)16(6-3-7-17)11(18)19-10/h1-2,4-5,10,17H,3,6-7H2. The molecule has 0 spiro atoms. The van der Waals surface area contributed by atoms with E-state index in [1.165, 1.54) is 18.2 Å². The van der Waals surface area contributed by atoms with E-state index in [1.807, 2.05) is 0 Å². The van der Waals surface area contributed by atoms with E-state index in [0.717, 1.165) is 4.90 Å². The number of amides is 1. The summed E-state index contributed by atoms with van der Waals surface area (Å²) in [5.41, 5.74) is 0.0852. The maximum atomic E-state index is 12.8. The highest BCUT2D eigenvalue weighted by atomic mass is 19.4. The van der Waals surface area contributed by atoms with Gasteiger partial charge in [0.1, 0.15) is 0 Å². The van der Waals surface area contributed by atoms with Crippen molar-refractivity contribution in [3.63, 3.8) is 0 Å². The first-order valence-electron chi connectivity index (χ1n) is 5.70. The minimum Gasteiger partial charge on any atom is -0.431 e. The van der Waals surface area contributed by atoms with Gasteiger partial charge in [-0.1, -0.05) is 18.2 Å². The van der Waals surface area contributed by atoms with Crippen molar-refractivity contribution in [3.05, 3.63) is 29.8 Å². The number of halogens is 3. The summed E-state index contributed by atoms with van der Waals surface area (Å²) in [5, 5.41) is 8.75. The van der Waals surface area contributed by atoms with Gasteiger partial charge in [0.25, 0.3) is 0 Å². The van der Waals surface area contributed by atoms with Crippen LogP contribution in [0.15, 0.2) is 24.3 Å². The van der Waals surface area contributed by atoms with E-state index < -0.39 is 18.4 Å². The summed E-state index contributed by atoms with van der Waals surface area (Å²) in [7, 11) is 0. The third-order valence-corrected chi connectivity index (χ3v) is 2.79. The van der Waals surface area contributed by atoms with Crippen LogP contribution in [0, 0.1) is 0 Å². The van der Waals surface area contributed by atoms with Crippen LogP contribution in [0.3, 0.4) is 0 Å². The Morgan fingerprint density at radius 1 is 1.32 bits per heavy atom. The van der Waals surface area contributed by atoms with Crippen LogP contribution in [0.2, 0.25) is 0 Å². The highest BCUT2D eigenvalue weighted by Crippen LogP contribution is 2.43. The number of carbonyl (C=O) groups excluding carboxylic acids is 1. The van der Waals surface area contributed by atoms with Gasteiger partial charge in [0.2, 0.25) is 6.10 Å². The minimum atomic E-state index is -4.64. The Hall–Kier alpha value is -1.76. The van der Waals surface area contributed by atoms with Crippen LogP contribution in [0.5, 0.6) is 0 Å². The number of carbonyl (C=O) groups is 1. The van der Waals surface area contributed by atoms with Crippen molar-refractivity contribution < 1.29 is 27.8 Å². The molecule has 0 fully saturated rings. The van der Waals surface area contributed by atoms with Crippen LogP contribution >= 0.6 is 0 Å². The average molecular weight is 275 g/mol. The molecule has 0 radical (unpaired) electrons. The maximum absolute atomic E-state index is 12.8. The van der Waals surface area contributed by atoms with Crippen molar-refractivity contribution in [2.75, 3.05) is 18.1 Å². The molecule has 1 unspecified atom stereocenters. The number of alkyl halides is 3. The number of ether oxygens (including phenoxy) is 1. The summed E-state index contributed by atoms with van der Waals surface area (Å²) < 4.78 is 43.0. The monoisotopic (exact) mass is 275 g/mol. The highest BCUT2D eigenvalue weighted by molar-refractivity contribution is 5.91. The second kappa shape index (κ2) is 5.08. The molecular formula is C12H12F3NO3. The number of hydrogen-bond acceptors (Lipinski definition) is 3. The second-order valence-corrected chi connectivity index (χ2v) is 4.09. The van der Waals surface area contributed by atoms with Crippen LogP contribution in [0.4, 0.5) is 23.7 Å². The van der Waals surface area contributed by atoms with E-state index >= 15 is 0 Å². The zero-order chi connectivity index (χ0) is 14.0. The predicted molar refractivity (Wildman–Crippen MR) is 60.8 cm³/mol. The first-order valence-corrected chi connectivity index (χ1v) is 5.70. The van der Waals surface area contributed by atoms with Gasteiger partial charge in [-0.05, 0) is 12.5 Å². The fourth-order valence-corrected chi connectivity index (χ4v) is 1.97. The van der Waals surface area contributed by atoms with Gasteiger partial charge in [-0.25, -0.2) is 4.79 Å². The van der Waals surface area contributed by atoms with E-state index in [2.05, 4.69) is 4.74 Å². The Morgan fingerprint density at radius 2 is 2.00 bits per heavy atom. The molecule has 1 aliphatic rings. The van der Waals surface area contributed by atoms with Gasteiger partial charge in [-0.2, -0.15) is 13.2 Å². The fraction of sp³-hybridized carbons (Fsp3) is 0.417. The van der Waals surface area contributed by atoms with Crippen molar-refractivity contribution in [1.82, 2.24) is 0 Å². The van der Waals surface area contributed by atoms with Crippen LogP contribution in [-0.4, -0.2) is 30.5 Å². The first kappa shape index (κ1) is 13.7. The van der Waals surface area contributed by atoms with E-state index in [1.54, 1.807) is 6.07 Å². The highest BCUT2D eigenvalue weighted by Gasteiger charge is 2.48. The Morgan fingerprint density at radius 3 is 2.63 bits per heavy atom. The lowest BCUT2D eigenvalue weighted by Gasteiger charge is -2.34. The first-order chi connectivity index (χ1) is 8.95. The molecule has 1 atom stereocenters. The number of benzene rings is 1. The Balaban J connectivity index is 2.40. The molecule has 1 aromatic carbocycles. The van der Waals surface area contributed by atoms with Gasteiger partial charge < -0.3 is 9.84 Å². The summed E-state index contributed by atoms with van der Waals surface area (Å²) in [6.07, 6.45) is -7.66. The number of aliphatic hydroxyl groups is 1. The van der Waals surface area contributed by atoms with Crippen LogP contribution < -0.4 is 4.90 Å². The normalized spacial score (nSPS) is 19.1. The van der Waals surface area contributed by atoms with E-state index in [-0.39, 0.29) is 30.8 Å². The van der Waals surface area contributed by atoms with Crippen LogP contribution in [0.1, 0.15) is 18.1 Å². The molecular weight excluding hydrogens is 263 g/mol. The minimum absolute atomic E-state index is 0.0902. The maximum Gasteiger partial charge on any atom is 0.430 e. The summed E-state index contributed by atoms with van der Waals surface area (Å²) in [5.74, 6) is 0. The predicted octanol–water partition coefficient (Wildman–Crippen LogP) is 2.63. The van der Waals surface area contributed by atoms with Gasteiger partial charge in [-0.15, -0.1) is 0 Å². The molecule has 1 heterocycles. The Kier molecular flexibility index (Phi) is 3.66. The summed E-state index contributed by atoms with van der Waals surface area (Å²) >= 11 is 0. The number of nitrogens with zero attached hydrogens (tertiary/aromatic N) is 1. The molecule has 4 nitrogen and oxygen atoms in total. The molecule has 1 amide bonds. The van der Waals surface area contributed by atoms with Gasteiger partial charge in [0.15, 0.2) is 0 Å². The van der Waals surface area contributed by atoms with Crippen molar-refractivity contribution >= 4 is 11.8 Å². The molecule has 19 heavy (non-hydrogen) atoms. The van der Waals surface area contributed by atoms with Crippen molar-refractivity contribution in [2.24, 2.45) is 0 Å². The molecule has 1 N–H and O–H groups in total.